The van der Waals surface area contributed by atoms with Crippen molar-refractivity contribution in [3.8, 4) is 11.8 Å². The maximum atomic E-state index is 12.0. The molecular formula is C20H16Cl2N2O2. The van der Waals surface area contributed by atoms with Gasteiger partial charge in [0, 0.05) is 6.04 Å². The Morgan fingerprint density at radius 2 is 2.04 bits per heavy atom. The summed E-state index contributed by atoms with van der Waals surface area (Å²) >= 11 is 11.9. The van der Waals surface area contributed by atoms with Gasteiger partial charge in [0.15, 0.2) is 0 Å². The SMILES string of the molecule is N#C/C(=C\c1cccc(OCc2ccc(Cl)c(Cl)c2)c1)C(=O)NC1CC1. The quantitative estimate of drug-likeness (QED) is 0.574. The highest BCUT2D eigenvalue weighted by molar-refractivity contribution is 6.42. The summed E-state index contributed by atoms with van der Waals surface area (Å²) in [4.78, 5) is 12.0. The monoisotopic (exact) mass is 386 g/mol. The van der Waals surface area contributed by atoms with E-state index in [2.05, 4.69) is 5.32 Å². The Morgan fingerprint density at radius 3 is 2.73 bits per heavy atom. The normalized spacial score (nSPS) is 13.8. The molecule has 0 atom stereocenters. The summed E-state index contributed by atoms with van der Waals surface area (Å²) in [5, 5.41) is 13.0. The molecule has 1 amide bonds. The van der Waals surface area contributed by atoms with Crippen LogP contribution in [0.5, 0.6) is 5.75 Å². The predicted octanol–water partition coefficient (Wildman–Crippen LogP) is 4.76. The molecule has 1 aliphatic rings. The molecule has 0 spiro atoms. The molecule has 1 fully saturated rings. The van der Waals surface area contributed by atoms with Gasteiger partial charge in [0.1, 0.15) is 24.0 Å². The van der Waals surface area contributed by atoms with Crippen LogP contribution in [0.1, 0.15) is 24.0 Å². The van der Waals surface area contributed by atoms with Crippen molar-refractivity contribution in [2.75, 3.05) is 0 Å². The van der Waals surface area contributed by atoms with Gasteiger partial charge in [-0.1, -0.05) is 41.4 Å². The standard InChI is InChI=1S/C20H16Cl2N2O2/c21-18-7-4-14(10-19(18)22)12-26-17-3-1-2-13(9-17)8-15(11-23)20(25)24-16-5-6-16/h1-4,7-10,16H,5-6,12H2,(H,24,25)/b15-8+. The lowest BCUT2D eigenvalue weighted by molar-refractivity contribution is -0.117. The number of amides is 1. The van der Waals surface area contributed by atoms with Gasteiger partial charge in [-0.2, -0.15) is 5.26 Å². The van der Waals surface area contributed by atoms with Crippen molar-refractivity contribution >= 4 is 35.2 Å². The van der Waals surface area contributed by atoms with Crippen molar-refractivity contribution in [1.29, 1.82) is 5.26 Å². The number of carbonyl (C=O) groups is 1. The zero-order valence-corrected chi connectivity index (χ0v) is 15.3. The summed E-state index contributed by atoms with van der Waals surface area (Å²) in [5.74, 6) is 0.293. The molecule has 0 radical (unpaired) electrons. The summed E-state index contributed by atoms with van der Waals surface area (Å²) in [7, 11) is 0. The molecule has 2 aromatic rings. The van der Waals surface area contributed by atoms with Crippen LogP contribution in [0.25, 0.3) is 6.08 Å². The average molecular weight is 387 g/mol. The number of hydrogen-bond acceptors (Lipinski definition) is 3. The van der Waals surface area contributed by atoms with Gasteiger partial charge < -0.3 is 10.1 Å². The minimum Gasteiger partial charge on any atom is -0.489 e. The van der Waals surface area contributed by atoms with Gasteiger partial charge >= 0.3 is 0 Å². The van der Waals surface area contributed by atoms with Gasteiger partial charge in [0.05, 0.1) is 10.0 Å². The molecule has 0 saturated heterocycles. The van der Waals surface area contributed by atoms with Gasteiger partial charge in [-0.3, -0.25) is 4.79 Å². The fourth-order valence-electron chi connectivity index (χ4n) is 2.30. The Labute approximate surface area is 162 Å². The zero-order chi connectivity index (χ0) is 18.5. The summed E-state index contributed by atoms with van der Waals surface area (Å²) < 4.78 is 5.76. The number of nitriles is 1. The van der Waals surface area contributed by atoms with E-state index in [1.165, 1.54) is 0 Å². The number of hydrogen-bond donors (Lipinski definition) is 1. The number of rotatable bonds is 6. The molecule has 0 unspecified atom stereocenters. The number of nitrogens with zero attached hydrogens (tertiary/aromatic N) is 1. The van der Waals surface area contributed by atoms with Crippen molar-refractivity contribution in [3.63, 3.8) is 0 Å². The molecular weight excluding hydrogens is 371 g/mol. The maximum Gasteiger partial charge on any atom is 0.262 e. The first kappa shape index (κ1) is 18.3. The third-order valence-corrected chi connectivity index (χ3v) is 4.58. The molecule has 1 N–H and O–H groups in total. The van der Waals surface area contributed by atoms with E-state index in [4.69, 9.17) is 27.9 Å². The predicted molar refractivity (Wildman–Crippen MR) is 102 cm³/mol. The largest absolute Gasteiger partial charge is 0.489 e. The fourth-order valence-corrected chi connectivity index (χ4v) is 2.62. The molecule has 0 aromatic heterocycles. The fraction of sp³-hybridized carbons (Fsp3) is 0.200. The highest BCUT2D eigenvalue weighted by atomic mass is 35.5. The molecule has 0 aliphatic heterocycles. The van der Waals surface area contributed by atoms with Crippen LogP contribution in [0.4, 0.5) is 0 Å². The molecule has 1 aliphatic carbocycles. The molecule has 6 heteroatoms. The number of carbonyl (C=O) groups excluding carboxylic acids is 1. The van der Waals surface area contributed by atoms with Crippen LogP contribution in [0.3, 0.4) is 0 Å². The molecule has 1 saturated carbocycles. The smallest absolute Gasteiger partial charge is 0.262 e. The first-order valence-electron chi connectivity index (χ1n) is 8.14. The van der Waals surface area contributed by atoms with E-state index < -0.39 is 0 Å². The number of nitrogens with one attached hydrogen (secondary N) is 1. The molecule has 0 bridgehead atoms. The zero-order valence-electron chi connectivity index (χ0n) is 13.8. The topological polar surface area (TPSA) is 62.1 Å². The van der Waals surface area contributed by atoms with Crippen LogP contribution in [0.2, 0.25) is 10.0 Å². The number of halogens is 2. The van der Waals surface area contributed by atoms with E-state index >= 15 is 0 Å². The van der Waals surface area contributed by atoms with Crippen LogP contribution in [0, 0.1) is 11.3 Å². The first-order valence-corrected chi connectivity index (χ1v) is 8.90. The van der Waals surface area contributed by atoms with Gasteiger partial charge in [-0.25, -0.2) is 0 Å². The van der Waals surface area contributed by atoms with Gasteiger partial charge in [-0.05, 0) is 54.3 Å². The lowest BCUT2D eigenvalue weighted by atomic mass is 10.1. The second kappa shape index (κ2) is 8.27. The summed E-state index contributed by atoms with van der Waals surface area (Å²) in [6.07, 6.45) is 3.51. The van der Waals surface area contributed by atoms with Crippen LogP contribution in [-0.4, -0.2) is 11.9 Å². The highest BCUT2D eigenvalue weighted by Gasteiger charge is 2.24. The third-order valence-electron chi connectivity index (χ3n) is 3.84. The average Bonchev–Trinajstić information content (AvgIpc) is 3.45. The van der Waals surface area contributed by atoms with Crippen molar-refractivity contribution in [2.45, 2.75) is 25.5 Å². The summed E-state index contributed by atoms with van der Waals surface area (Å²) in [6.45, 7) is 0.331. The first-order chi connectivity index (χ1) is 12.5. The van der Waals surface area contributed by atoms with Crippen LogP contribution in [0.15, 0.2) is 48.0 Å². The highest BCUT2D eigenvalue weighted by Crippen LogP contribution is 2.24. The van der Waals surface area contributed by atoms with Crippen LogP contribution in [-0.2, 0) is 11.4 Å². The minimum absolute atomic E-state index is 0.0820. The molecule has 3 rings (SSSR count). The Morgan fingerprint density at radius 1 is 1.23 bits per heavy atom. The van der Waals surface area contributed by atoms with Crippen LogP contribution < -0.4 is 10.1 Å². The van der Waals surface area contributed by atoms with E-state index in [9.17, 15) is 10.1 Å². The lowest BCUT2D eigenvalue weighted by Gasteiger charge is -2.08. The van der Waals surface area contributed by atoms with E-state index in [0.29, 0.717) is 22.4 Å². The van der Waals surface area contributed by atoms with E-state index in [1.807, 2.05) is 30.3 Å². The van der Waals surface area contributed by atoms with E-state index in [0.717, 1.165) is 24.0 Å². The number of benzene rings is 2. The summed E-state index contributed by atoms with van der Waals surface area (Å²) in [5.41, 5.74) is 1.69. The van der Waals surface area contributed by atoms with Gasteiger partial charge in [-0.15, -0.1) is 0 Å². The number of ether oxygens (including phenoxy) is 1. The van der Waals surface area contributed by atoms with E-state index in [-0.39, 0.29) is 17.5 Å². The Balaban J connectivity index is 1.68. The molecule has 2 aromatic carbocycles. The van der Waals surface area contributed by atoms with Crippen molar-refractivity contribution in [1.82, 2.24) is 5.32 Å². The van der Waals surface area contributed by atoms with Gasteiger partial charge in [0.2, 0.25) is 0 Å². The molecule has 0 heterocycles. The molecule has 26 heavy (non-hydrogen) atoms. The van der Waals surface area contributed by atoms with Crippen molar-refractivity contribution in [3.05, 3.63) is 69.2 Å². The Hall–Kier alpha value is -2.48. The maximum absolute atomic E-state index is 12.0. The van der Waals surface area contributed by atoms with Crippen molar-refractivity contribution in [2.24, 2.45) is 0 Å². The Kier molecular flexibility index (Phi) is 5.82. The second-order valence-electron chi connectivity index (χ2n) is 6.03. The van der Waals surface area contributed by atoms with Crippen LogP contribution >= 0.6 is 23.2 Å². The van der Waals surface area contributed by atoms with E-state index in [1.54, 1.807) is 24.3 Å². The lowest BCUT2D eigenvalue weighted by Crippen LogP contribution is -2.26. The summed E-state index contributed by atoms with van der Waals surface area (Å²) in [6, 6.07) is 14.7. The molecule has 132 valence electrons. The van der Waals surface area contributed by atoms with Crippen molar-refractivity contribution < 1.29 is 9.53 Å². The third kappa shape index (κ3) is 5.01. The second-order valence-corrected chi connectivity index (χ2v) is 6.84. The minimum atomic E-state index is -0.336. The Bertz CT molecular complexity index is 899. The molecule has 4 nitrogen and oxygen atoms in total. The van der Waals surface area contributed by atoms with Gasteiger partial charge in [0.25, 0.3) is 5.91 Å².